The smallest absolute Gasteiger partial charge is 0.307 e. The summed E-state index contributed by atoms with van der Waals surface area (Å²) < 4.78 is 5.08. The molecule has 0 unspecified atom stereocenters. The van der Waals surface area contributed by atoms with E-state index in [2.05, 4.69) is 32.7 Å². The van der Waals surface area contributed by atoms with Gasteiger partial charge in [0.2, 0.25) is 0 Å². The third-order valence-electron chi connectivity index (χ3n) is 3.48. The molecule has 0 spiro atoms. The molecule has 2 N–H and O–H groups in total. The van der Waals surface area contributed by atoms with E-state index in [1.807, 2.05) is 0 Å². The Balaban J connectivity index is 3.88. The minimum Gasteiger partial charge on any atom is -0.464 e. The average Bonchev–Trinajstić information content (AvgIpc) is 2.28. The first-order chi connectivity index (χ1) is 7.50. The first kappa shape index (κ1) is 15.4. The Morgan fingerprint density at radius 3 is 2.38 bits per heavy atom. The predicted molar refractivity (Wildman–Crippen MR) is 66.2 cm³/mol. The van der Waals surface area contributed by atoms with Gasteiger partial charge in [-0.2, -0.15) is 0 Å². The maximum absolute atomic E-state index is 11.1. The fourth-order valence-electron chi connectivity index (χ4n) is 1.55. The minimum absolute atomic E-state index is 0.195. The molecule has 0 radical (unpaired) electrons. The molecule has 0 saturated heterocycles. The van der Waals surface area contributed by atoms with Gasteiger partial charge in [0.25, 0.3) is 0 Å². The van der Waals surface area contributed by atoms with Gasteiger partial charge in [0.1, 0.15) is 6.61 Å². The van der Waals surface area contributed by atoms with Crippen LogP contribution in [0.4, 0.5) is 0 Å². The van der Waals surface area contributed by atoms with E-state index in [1.165, 1.54) is 0 Å². The summed E-state index contributed by atoms with van der Waals surface area (Å²) in [7, 11) is 2.07. The van der Waals surface area contributed by atoms with Gasteiger partial charge >= 0.3 is 5.97 Å². The van der Waals surface area contributed by atoms with Crippen LogP contribution in [0.5, 0.6) is 0 Å². The van der Waals surface area contributed by atoms with Gasteiger partial charge in [0.05, 0.1) is 6.42 Å². The second-order valence-electron chi connectivity index (χ2n) is 4.38. The highest BCUT2D eigenvalue weighted by atomic mass is 16.5. The lowest BCUT2D eigenvalue weighted by molar-refractivity contribution is -0.144. The number of hydrogen-bond donors (Lipinski definition) is 1. The average molecular weight is 230 g/mol. The molecule has 0 aromatic heterocycles. The summed E-state index contributed by atoms with van der Waals surface area (Å²) >= 11 is 0. The number of nitrogens with two attached hydrogens (primary N) is 1. The number of ether oxygens (including phenoxy) is 1. The lowest BCUT2D eigenvalue weighted by Crippen LogP contribution is -2.44. The van der Waals surface area contributed by atoms with Crippen molar-refractivity contribution in [2.75, 3.05) is 26.7 Å². The summed E-state index contributed by atoms with van der Waals surface area (Å²) in [6, 6.07) is 0. The van der Waals surface area contributed by atoms with Gasteiger partial charge in [0.15, 0.2) is 0 Å². The van der Waals surface area contributed by atoms with Crippen LogP contribution in [0.15, 0.2) is 0 Å². The lowest BCUT2D eigenvalue weighted by Gasteiger charge is -2.37. The Morgan fingerprint density at radius 1 is 1.38 bits per heavy atom. The van der Waals surface area contributed by atoms with Crippen molar-refractivity contribution < 1.29 is 9.53 Å². The van der Waals surface area contributed by atoms with Crippen molar-refractivity contribution in [1.29, 1.82) is 0 Å². The van der Waals surface area contributed by atoms with Crippen LogP contribution in [0.1, 0.15) is 40.0 Å². The zero-order valence-electron chi connectivity index (χ0n) is 11.1. The van der Waals surface area contributed by atoms with Gasteiger partial charge in [-0.25, -0.2) is 0 Å². The van der Waals surface area contributed by atoms with Crippen molar-refractivity contribution in [2.45, 2.75) is 45.6 Å². The molecule has 0 aliphatic rings. The Kier molecular flexibility index (Phi) is 7.34. The third-order valence-corrected chi connectivity index (χ3v) is 3.48. The standard InChI is InChI=1S/C12H26N2O2/c1-5-12(3,6-2)14(4)9-10-16-11(15)7-8-13/h5-10,13H2,1-4H3. The number of esters is 1. The fraction of sp³-hybridized carbons (Fsp3) is 0.917. The van der Waals surface area contributed by atoms with E-state index in [-0.39, 0.29) is 11.5 Å². The number of carbonyl (C=O) groups excluding carboxylic acids is 1. The van der Waals surface area contributed by atoms with E-state index < -0.39 is 0 Å². The number of hydrogen-bond acceptors (Lipinski definition) is 4. The summed E-state index contributed by atoms with van der Waals surface area (Å²) in [5, 5.41) is 0. The summed E-state index contributed by atoms with van der Waals surface area (Å²) in [5.74, 6) is -0.203. The van der Waals surface area contributed by atoms with Gasteiger partial charge in [-0.05, 0) is 26.8 Å². The number of nitrogens with zero attached hydrogens (tertiary/aromatic N) is 1. The minimum atomic E-state index is -0.203. The molecule has 4 nitrogen and oxygen atoms in total. The second kappa shape index (κ2) is 7.63. The van der Waals surface area contributed by atoms with Crippen LogP contribution < -0.4 is 5.73 Å². The monoisotopic (exact) mass is 230 g/mol. The van der Waals surface area contributed by atoms with E-state index in [4.69, 9.17) is 10.5 Å². The molecule has 96 valence electrons. The van der Waals surface area contributed by atoms with Gasteiger partial charge < -0.3 is 10.5 Å². The fourth-order valence-corrected chi connectivity index (χ4v) is 1.55. The molecule has 0 aliphatic heterocycles. The van der Waals surface area contributed by atoms with Crippen LogP contribution in [-0.4, -0.2) is 43.2 Å². The SMILES string of the molecule is CCC(C)(CC)N(C)CCOC(=O)CCN. The van der Waals surface area contributed by atoms with Crippen molar-refractivity contribution in [3.05, 3.63) is 0 Å². The Labute approximate surface area is 99.1 Å². The van der Waals surface area contributed by atoms with Crippen LogP contribution in [0.3, 0.4) is 0 Å². The van der Waals surface area contributed by atoms with E-state index in [0.29, 0.717) is 19.6 Å². The molecule has 0 fully saturated rings. The van der Waals surface area contributed by atoms with Gasteiger partial charge in [0, 0.05) is 18.6 Å². The zero-order chi connectivity index (χ0) is 12.6. The molecular weight excluding hydrogens is 204 g/mol. The van der Waals surface area contributed by atoms with Crippen molar-refractivity contribution >= 4 is 5.97 Å². The lowest BCUT2D eigenvalue weighted by atomic mass is 9.94. The topological polar surface area (TPSA) is 55.6 Å². The van der Waals surface area contributed by atoms with Crippen molar-refractivity contribution in [1.82, 2.24) is 4.90 Å². The van der Waals surface area contributed by atoms with Gasteiger partial charge in [-0.1, -0.05) is 13.8 Å². The van der Waals surface area contributed by atoms with Crippen LogP contribution in [0, 0.1) is 0 Å². The van der Waals surface area contributed by atoms with Crippen LogP contribution in [0.25, 0.3) is 0 Å². The summed E-state index contributed by atoms with van der Waals surface area (Å²) in [6.45, 7) is 8.17. The van der Waals surface area contributed by atoms with Crippen molar-refractivity contribution in [3.63, 3.8) is 0 Å². The maximum Gasteiger partial charge on any atom is 0.307 e. The molecule has 16 heavy (non-hydrogen) atoms. The quantitative estimate of drug-likeness (QED) is 0.640. The summed E-state index contributed by atoms with van der Waals surface area (Å²) in [4.78, 5) is 13.3. The van der Waals surface area contributed by atoms with Crippen LogP contribution in [-0.2, 0) is 9.53 Å². The molecule has 0 amide bonds. The molecule has 0 atom stereocenters. The first-order valence-corrected chi connectivity index (χ1v) is 6.07. The number of likely N-dealkylation sites (N-methyl/N-ethyl adjacent to an activating group) is 1. The second-order valence-corrected chi connectivity index (χ2v) is 4.38. The van der Waals surface area contributed by atoms with E-state index in [1.54, 1.807) is 0 Å². The molecule has 0 saturated carbocycles. The molecule has 0 aliphatic carbocycles. The van der Waals surface area contributed by atoms with E-state index in [0.717, 1.165) is 19.4 Å². The maximum atomic E-state index is 11.1. The highest BCUT2D eigenvalue weighted by molar-refractivity contribution is 5.69. The van der Waals surface area contributed by atoms with Crippen molar-refractivity contribution in [3.8, 4) is 0 Å². The summed E-state index contributed by atoms with van der Waals surface area (Å²) in [6.07, 6.45) is 2.50. The first-order valence-electron chi connectivity index (χ1n) is 6.07. The highest BCUT2D eigenvalue weighted by Crippen LogP contribution is 2.20. The van der Waals surface area contributed by atoms with E-state index in [9.17, 15) is 4.79 Å². The Morgan fingerprint density at radius 2 is 1.94 bits per heavy atom. The molecule has 0 bridgehead atoms. The number of carbonyl (C=O) groups is 1. The molecular formula is C12H26N2O2. The number of rotatable bonds is 8. The largest absolute Gasteiger partial charge is 0.464 e. The van der Waals surface area contributed by atoms with Gasteiger partial charge in [-0.15, -0.1) is 0 Å². The normalized spacial score (nSPS) is 11.9. The molecule has 0 heterocycles. The third kappa shape index (κ3) is 4.94. The van der Waals surface area contributed by atoms with Crippen LogP contribution in [0.2, 0.25) is 0 Å². The van der Waals surface area contributed by atoms with Crippen LogP contribution >= 0.6 is 0 Å². The Bertz CT molecular complexity index is 203. The van der Waals surface area contributed by atoms with Crippen molar-refractivity contribution in [2.24, 2.45) is 5.73 Å². The highest BCUT2D eigenvalue weighted by Gasteiger charge is 2.24. The zero-order valence-corrected chi connectivity index (χ0v) is 11.1. The van der Waals surface area contributed by atoms with E-state index >= 15 is 0 Å². The Hall–Kier alpha value is -0.610. The summed E-state index contributed by atoms with van der Waals surface area (Å²) in [5.41, 5.74) is 5.46. The molecule has 0 rings (SSSR count). The molecule has 0 aromatic carbocycles. The molecule has 0 aromatic rings. The van der Waals surface area contributed by atoms with Gasteiger partial charge in [-0.3, -0.25) is 9.69 Å². The predicted octanol–water partition coefficient (Wildman–Crippen LogP) is 1.39. The molecule has 4 heteroatoms.